The quantitative estimate of drug-likeness (QED) is 0.0261. The number of carbonyl (C=O) groups excluding carboxylic acids is 3. The monoisotopic (exact) mass is 1070 g/mol. The van der Waals surface area contributed by atoms with Gasteiger partial charge in [-0.05, 0) is 96.3 Å². The molecule has 0 aliphatic carbocycles. The van der Waals surface area contributed by atoms with Crippen molar-refractivity contribution in [3.05, 3.63) is 85.1 Å². The number of hydrogen-bond donors (Lipinski definition) is 0. The van der Waals surface area contributed by atoms with Gasteiger partial charge in [-0.2, -0.15) is 0 Å². The summed E-state index contributed by atoms with van der Waals surface area (Å²) in [6, 6.07) is 0. The van der Waals surface area contributed by atoms with E-state index in [0.717, 1.165) is 103 Å². The van der Waals surface area contributed by atoms with E-state index >= 15 is 0 Å². The summed E-state index contributed by atoms with van der Waals surface area (Å²) in [5, 5.41) is 0. The molecule has 0 fully saturated rings. The molecular weight excluding hydrogens is 949 g/mol. The summed E-state index contributed by atoms with van der Waals surface area (Å²) >= 11 is 0. The van der Waals surface area contributed by atoms with Gasteiger partial charge in [0.2, 0.25) is 0 Å². The minimum Gasteiger partial charge on any atom is -0.462 e. The first kappa shape index (κ1) is 73.6. The first-order valence-corrected chi connectivity index (χ1v) is 33.1. The molecule has 0 rings (SSSR count). The number of unbranched alkanes of at least 4 members (excludes halogenated alkanes) is 35. The zero-order valence-electron chi connectivity index (χ0n) is 51.0. The van der Waals surface area contributed by atoms with E-state index in [9.17, 15) is 14.4 Å². The maximum absolute atomic E-state index is 12.9. The smallest absolute Gasteiger partial charge is 0.306 e. The van der Waals surface area contributed by atoms with Gasteiger partial charge in [-0.1, -0.05) is 298 Å². The largest absolute Gasteiger partial charge is 0.462 e. The first-order valence-electron chi connectivity index (χ1n) is 33.1. The number of ether oxygens (including phenoxy) is 3. The highest BCUT2D eigenvalue weighted by atomic mass is 16.6. The van der Waals surface area contributed by atoms with Crippen LogP contribution in [0.5, 0.6) is 0 Å². The van der Waals surface area contributed by atoms with Crippen molar-refractivity contribution < 1.29 is 28.6 Å². The Morgan fingerprint density at radius 2 is 0.506 bits per heavy atom. The third-order valence-electron chi connectivity index (χ3n) is 14.4. The second-order valence-corrected chi connectivity index (χ2v) is 22.0. The van der Waals surface area contributed by atoms with Gasteiger partial charge in [-0.3, -0.25) is 14.4 Å². The summed E-state index contributed by atoms with van der Waals surface area (Å²) in [6.45, 7) is 6.52. The van der Waals surface area contributed by atoms with E-state index in [0.29, 0.717) is 19.3 Å². The Labute approximate surface area is 477 Å². The topological polar surface area (TPSA) is 78.9 Å². The molecule has 1 atom stereocenters. The molecule has 0 bridgehead atoms. The Bertz CT molecular complexity index is 1470. The van der Waals surface area contributed by atoms with Crippen LogP contribution >= 0.6 is 0 Å². The molecule has 0 amide bonds. The lowest BCUT2D eigenvalue weighted by atomic mass is 10.0. The van der Waals surface area contributed by atoms with Gasteiger partial charge >= 0.3 is 17.9 Å². The van der Waals surface area contributed by atoms with Crippen molar-refractivity contribution in [1.82, 2.24) is 0 Å². The van der Waals surface area contributed by atoms with Gasteiger partial charge in [-0.25, -0.2) is 0 Å². The summed E-state index contributed by atoms with van der Waals surface area (Å²) in [4.78, 5) is 38.2. The van der Waals surface area contributed by atoms with Crippen LogP contribution in [-0.2, 0) is 28.6 Å². The standard InChI is InChI=1S/C71H124O6/c1-4-7-10-13-16-19-22-24-26-28-30-31-32-33-34-35-36-37-38-39-40-41-42-44-45-47-49-52-55-58-61-64-70(73)76-67-68(66-75-69(72)63-60-57-54-51-21-18-15-12-9-6-3)77-71(74)65-62-59-56-53-50-48-46-43-29-27-25-23-20-17-14-11-8-5-2/h7,10,16,19-20,23-24,26-27,29-31,33-34,68H,4-6,8-9,11-15,17-18,21-22,25,28,32,35-67H2,1-3H3/b10-7-,19-16-,23-20-,26-24-,29-27-,31-30-,34-33-. The third-order valence-corrected chi connectivity index (χ3v) is 14.4. The van der Waals surface area contributed by atoms with Crippen LogP contribution in [0.15, 0.2) is 85.1 Å². The number of carbonyl (C=O) groups is 3. The van der Waals surface area contributed by atoms with Crippen molar-refractivity contribution in [1.29, 1.82) is 0 Å². The maximum atomic E-state index is 12.9. The molecule has 6 heteroatoms. The van der Waals surface area contributed by atoms with Crippen molar-refractivity contribution in [2.75, 3.05) is 13.2 Å². The molecular formula is C71H124O6. The van der Waals surface area contributed by atoms with E-state index in [-0.39, 0.29) is 31.1 Å². The van der Waals surface area contributed by atoms with Crippen LogP contribution < -0.4 is 0 Å². The van der Waals surface area contributed by atoms with E-state index in [2.05, 4.69) is 106 Å². The number of hydrogen-bond acceptors (Lipinski definition) is 6. The van der Waals surface area contributed by atoms with Gasteiger partial charge < -0.3 is 14.2 Å². The predicted molar refractivity (Wildman–Crippen MR) is 334 cm³/mol. The molecule has 0 aliphatic heterocycles. The second-order valence-electron chi connectivity index (χ2n) is 22.0. The molecule has 0 radical (unpaired) electrons. The minimum absolute atomic E-state index is 0.0753. The van der Waals surface area contributed by atoms with Crippen LogP contribution in [0.4, 0.5) is 0 Å². The summed E-state index contributed by atoms with van der Waals surface area (Å²) in [7, 11) is 0. The van der Waals surface area contributed by atoms with Crippen molar-refractivity contribution in [2.24, 2.45) is 0 Å². The zero-order chi connectivity index (χ0) is 55.7. The maximum Gasteiger partial charge on any atom is 0.306 e. The number of esters is 3. The summed E-state index contributed by atoms with van der Waals surface area (Å²) in [5.41, 5.74) is 0. The zero-order valence-corrected chi connectivity index (χ0v) is 51.0. The van der Waals surface area contributed by atoms with Gasteiger partial charge in [0.15, 0.2) is 6.10 Å². The molecule has 1 unspecified atom stereocenters. The summed E-state index contributed by atoms with van der Waals surface area (Å²) < 4.78 is 16.9. The molecule has 6 nitrogen and oxygen atoms in total. The number of allylic oxidation sites excluding steroid dienone is 14. The fraction of sp³-hybridized carbons (Fsp3) is 0.761. The fourth-order valence-electron chi connectivity index (χ4n) is 9.44. The van der Waals surface area contributed by atoms with E-state index in [1.54, 1.807) is 0 Å². The van der Waals surface area contributed by atoms with Crippen LogP contribution in [0.3, 0.4) is 0 Å². The lowest BCUT2D eigenvalue weighted by molar-refractivity contribution is -0.167. The van der Waals surface area contributed by atoms with Gasteiger partial charge in [0.1, 0.15) is 13.2 Å². The Morgan fingerprint density at radius 1 is 0.273 bits per heavy atom. The van der Waals surface area contributed by atoms with Crippen molar-refractivity contribution in [3.8, 4) is 0 Å². The van der Waals surface area contributed by atoms with E-state index in [1.807, 2.05) is 0 Å². The van der Waals surface area contributed by atoms with Gasteiger partial charge in [0, 0.05) is 19.3 Å². The Kier molecular flexibility index (Phi) is 62.2. The molecule has 0 aromatic carbocycles. The lowest BCUT2D eigenvalue weighted by Crippen LogP contribution is -2.30. The molecule has 444 valence electrons. The Balaban J connectivity index is 4.16. The van der Waals surface area contributed by atoms with Gasteiger partial charge in [0.05, 0.1) is 0 Å². The number of rotatable bonds is 60. The molecule has 0 saturated carbocycles. The molecule has 0 aliphatic rings. The Morgan fingerprint density at radius 3 is 0.805 bits per heavy atom. The van der Waals surface area contributed by atoms with Gasteiger partial charge in [-0.15, -0.1) is 0 Å². The van der Waals surface area contributed by atoms with Crippen LogP contribution in [-0.4, -0.2) is 37.2 Å². The average Bonchev–Trinajstić information content (AvgIpc) is 3.43. The third kappa shape index (κ3) is 63.3. The molecule has 0 spiro atoms. The van der Waals surface area contributed by atoms with Crippen LogP contribution in [0, 0.1) is 0 Å². The Hall–Kier alpha value is -3.41. The molecule has 0 saturated heterocycles. The lowest BCUT2D eigenvalue weighted by Gasteiger charge is -2.18. The average molecular weight is 1070 g/mol. The predicted octanol–water partition coefficient (Wildman–Crippen LogP) is 22.7. The summed E-state index contributed by atoms with van der Waals surface area (Å²) in [5.74, 6) is -0.871. The van der Waals surface area contributed by atoms with Crippen molar-refractivity contribution in [3.63, 3.8) is 0 Å². The van der Waals surface area contributed by atoms with E-state index in [1.165, 1.54) is 186 Å². The summed E-state index contributed by atoms with van der Waals surface area (Å²) in [6.07, 6.45) is 86.0. The normalized spacial score (nSPS) is 12.6. The molecule has 0 heterocycles. The fourth-order valence-corrected chi connectivity index (χ4v) is 9.44. The molecule has 77 heavy (non-hydrogen) atoms. The van der Waals surface area contributed by atoms with E-state index in [4.69, 9.17) is 14.2 Å². The van der Waals surface area contributed by atoms with Crippen molar-refractivity contribution in [2.45, 2.75) is 335 Å². The van der Waals surface area contributed by atoms with Crippen molar-refractivity contribution >= 4 is 17.9 Å². The highest BCUT2D eigenvalue weighted by Gasteiger charge is 2.19. The first-order chi connectivity index (χ1) is 38.0. The highest BCUT2D eigenvalue weighted by molar-refractivity contribution is 5.71. The minimum atomic E-state index is -0.778. The van der Waals surface area contributed by atoms with Crippen LogP contribution in [0.1, 0.15) is 329 Å². The van der Waals surface area contributed by atoms with E-state index < -0.39 is 6.10 Å². The van der Waals surface area contributed by atoms with Gasteiger partial charge in [0.25, 0.3) is 0 Å². The highest BCUT2D eigenvalue weighted by Crippen LogP contribution is 2.17. The molecule has 0 aromatic heterocycles. The van der Waals surface area contributed by atoms with Crippen LogP contribution in [0.2, 0.25) is 0 Å². The molecule has 0 N–H and O–H groups in total. The SMILES string of the molecule is CC/C=C\C/C=C\C/C=C\C/C=C\C/C=C\CCCCCCCCCCCCCCCCCC(=O)OCC(COC(=O)CCCCCCCCCCCC)OC(=O)CCCCCCCCC/C=C\C/C=C\CCCCCC. The van der Waals surface area contributed by atoms with Crippen LogP contribution in [0.25, 0.3) is 0 Å². The molecule has 0 aromatic rings. The second kappa shape index (κ2) is 65.1.